The number of carbonyl (C=O) groups is 1. The topological polar surface area (TPSA) is 88.6 Å². The molecule has 1 saturated heterocycles. The molecule has 0 bridgehead atoms. The zero-order chi connectivity index (χ0) is 24.9. The number of amides is 1. The number of cyclic esters (lactones) is 1. The second kappa shape index (κ2) is 10.6. The number of nitrogens with zero attached hydrogens (tertiary/aromatic N) is 2. The maximum atomic E-state index is 13.3. The van der Waals surface area contributed by atoms with E-state index in [1.807, 2.05) is 79.9 Å². The molecule has 1 N–H and O–H groups in total. The number of rotatable bonds is 9. The van der Waals surface area contributed by atoms with E-state index in [9.17, 15) is 13.2 Å². The Hall–Kier alpha value is -3.23. The lowest BCUT2D eigenvalue weighted by Gasteiger charge is -2.43. The molecule has 8 heteroatoms. The first-order chi connectivity index (χ1) is 16.8. The maximum absolute atomic E-state index is 13.3. The fourth-order valence-electron chi connectivity index (χ4n) is 4.59. The minimum Gasteiger partial charge on any atom is -0.438 e. The van der Waals surface area contributed by atoms with Crippen LogP contribution in [0.15, 0.2) is 79.1 Å². The average molecular weight is 494 g/mol. The fraction of sp³-hybridized carbons (Fsp3) is 0.333. The van der Waals surface area contributed by atoms with E-state index in [-0.39, 0.29) is 12.1 Å². The van der Waals surface area contributed by atoms with E-state index in [0.717, 1.165) is 28.5 Å². The summed E-state index contributed by atoms with van der Waals surface area (Å²) in [5.41, 5.74) is 3.29. The average Bonchev–Trinajstić information content (AvgIpc) is 2.87. The number of pyridine rings is 1. The third-order valence-corrected chi connectivity index (χ3v) is 7.28. The van der Waals surface area contributed by atoms with Crippen LogP contribution >= 0.6 is 0 Å². The van der Waals surface area contributed by atoms with E-state index in [0.29, 0.717) is 32.4 Å². The lowest BCUT2D eigenvalue weighted by Crippen LogP contribution is -2.49. The first-order valence-electron chi connectivity index (χ1n) is 11.8. The molecule has 7 nitrogen and oxygen atoms in total. The molecule has 1 fully saturated rings. The van der Waals surface area contributed by atoms with Crippen molar-refractivity contribution >= 4 is 16.1 Å². The van der Waals surface area contributed by atoms with Crippen molar-refractivity contribution < 1.29 is 17.9 Å². The van der Waals surface area contributed by atoms with Crippen molar-refractivity contribution in [1.29, 1.82) is 0 Å². The lowest BCUT2D eigenvalue weighted by atomic mass is 9.84. The zero-order valence-electron chi connectivity index (χ0n) is 20.1. The normalized spacial score (nSPS) is 19.3. The lowest BCUT2D eigenvalue weighted by molar-refractivity contribution is -0.0662. The van der Waals surface area contributed by atoms with Gasteiger partial charge in [0.1, 0.15) is 5.60 Å². The van der Waals surface area contributed by atoms with Crippen LogP contribution in [0.25, 0.3) is 11.1 Å². The van der Waals surface area contributed by atoms with Gasteiger partial charge in [0.15, 0.2) is 0 Å². The van der Waals surface area contributed by atoms with Crippen molar-refractivity contribution in [3.63, 3.8) is 0 Å². The standard InChI is InChI=1S/C27H31N3O4S/c1-21(22-11-13-23(14-12-22)24-8-6-17-28-20-24)30-19-16-27(34-26(30)31,25-9-4-3-5-10-25)15-7-18-29-35(2,32)33/h3-6,8-14,17,20-21,29H,7,15-16,18-19H2,1-2H3/t21-,27?/m0/s1. The van der Waals surface area contributed by atoms with E-state index in [2.05, 4.69) is 9.71 Å². The van der Waals surface area contributed by atoms with Gasteiger partial charge in [0.2, 0.25) is 10.0 Å². The minimum atomic E-state index is -3.26. The summed E-state index contributed by atoms with van der Waals surface area (Å²) >= 11 is 0. The number of ether oxygens (including phenoxy) is 1. The summed E-state index contributed by atoms with van der Waals surface area (Å²) in [6, 6.07) is 21.7. The second-order valence-corrected chi connectivity index (χ2v) is 10.8. The van der Waals surface area contributed by atoms with Gasteiger partial charge in [-0.2, -0.15) is 0 Å². The van der Waals surface area contributed by atoms with Gasteiger partial charge in [0.05, 0.1) is 12.3 Å². The van der Waals surface area contributed by atoms with Crippen LogP contribution < -0.4 is 4.72 Å². The smallest absolute Gasteiger partial charge is 0.411 e. The number of aromatic nitrogens is 1. The van der Waals surface area contributed by atoms with E-state index in [4.69, 9.17) is 4.74 Å². The second-order valence-electron chi connectivity index (χ2n) is 8.98. The summed E-state index contributed by atoms with van der Waals surface area (Å²) < 4.78 is 31.5. The van der Waals surface area contributed by atoms with Crippen LogP contribution in [0.4, 0.5) is 4.79 Å². The van der Waals surface area contributed by atoms with Gasteiger partial charge in [0.25, 0.3) is 0 Å². The van der Waals surface area contributed by atoms with E-state index in [1.54, 1.807) is 11.1 Å². The van der Waals surface area contributed by atoms with Gasteiger partial charge in [-0.15, -0.1) is 0 Å². The molecule has 0 radical (unpaired) electrons. The summed E-state index contributed by atoms with van der Waals surface area (Å²) in [6.45, 7) is 2.85. The summed E-state index contributed by atoms with van der Waals surface area (Å²) in [5, 5.41) is 0. The molecule has 0 aliphatic carbocycles. The number of benzene rings is 2. The molecule has 35 heavy (non-hydrogen) atoms. The highest BCUT2D eigenvalue weighted by atomic mass is 32.2. The van der Waals surface area contributed by atoms with Gasteiger partial charge in [-0.3, -0.25) is 4.98 Å². The fourth-order valence-corrected chi connectivity index (χ4v) is 5.10. The molecular formula is C27H31N3O4S. The van der Waals surface area contributed by atoms with Gasteiger partial charge >= 0.3 is 6.09 Å². The maximum Gasteiger partial charge on any atom is 0.411 e. The molecule has 0 spiro atoms. The molecule has 1 unspecified atom stereocenters. The van der Waals surface area contributed by atoms with Crippen LogP contribution in [0.5, 0.6) is 0 Å². The van der Waals surface area contributed by atoms with Crippen molar-refractivity contribution in [1.82, 2.24) is 14.6 Å². The quantitative estimate of drug-likeness (QED) is 0.429. The third-order valence-electron chi connectivity index (χ3n) is 6.55. The van der Waals surface area contributed by atoms with Crippen molar-refractivity contribution in [2.75, 3.05) is 19.3 Å². The highest BCUT2D eigenvalue weighted by molar-refractivity contribution is 7.88. The predicted molar refractivity (Wildman–Crippen MR) is 136 cm³/mol. The van der Waals surface area contributed by atoms with Gasteiger partial charge in [0, 0.05) is 31.9 Å². The Labute approximate surface area is 207 Å². The van der Waals surface area contributed by atoms with Crippen molar-refractivity contribution in [2.24, 2.45) is 0 Å². The number of carbonyl (C=O) groups excluding carboxylic acids is 1. The molecule has 3 aromatic rings. The van der Waals surface area contributed by atoms with Crippen LogP contribution in [-0.2, 0) is 20.4 Å². The summed E-state index contributed by atoms with van der Waals surface area (Å²) in [4.78, 5) is 19.2. The Morgan fingerprint density at radius 3 is 2.43 bits per heavy atom. The summed E-state index contributed by atoms with van der Waals surface area (Å²) in [7, 11) is -3.26. The van der Waals surface area contributed by atoms with Gasteiger partial charge < -0.3 is 9.64 Å². The van der Waals surface area contributed by atoms with Crippen molar-refractivity contribution in [2.45, 2.75) is 37.8 Å². The molecule has 2 heterocycles. The molecule has 1 aliphatic heterocycles. The molecule has 2 atom stereocenters. The minimum absolute atomic E-state index is 0.147. The largest absolute Gasteiger partial charge is 0.438 e. The Balaban J connectivity index is 1.47. The SMILES string of the molecule is C[C@@H](c1ccc(-c2cccnc2)cc1)N1CCC(CCCNS(C)(=O)=O)(c2ccccc2)OC1=O. The molecule has 1 amide bonds. The van der Waals surface area contributed by atoms with Gasteiger partial charge in [-0.05, 0) is 48.1 Å². The molecule has 0 saturated carbocycles. The molecule has 1 aromatic heterocycles. The highest BCUT2D eigenvalue weighted by Gasteiger charge is 2.43. The molecular weight excluding hydrogens is 462 g/mol. The van der Waals surface area contributed by atoms with Crippen LogP contribution in [0.3, 0.4) is 0 Å². The van der Waals surface area contributed by atoms with Crippen LogP contribution in [0.2, 0.25) is 0 Å². The highest BCUT2D eigenvalue weighted by Crippen LogP contribution is 2.40. The first kappa shape index (κ1) is 24.9. The Morgan fingerprint density at radius 1 is 1.06 bits per heavy atom. The van der Waals surface area contributed by atoms with Gasteiger partial charge in [-0.25, -0.2) is 17.9 Å². The van der Waals surface area contributed by atoms with E-state index in [1.165, 1.54) is 0 Å². The molecule has 184 valence electrons. The van der Waals surface area contributed by atoms with Crippen LogP contribution in [0, 0.1) is 0 Å². The van der Waals surface area contributed by atoms with E-state index >= 15 is 0 Å². The Bertz CT molecular complexity index is 1230. The number of hydrogen-bond acceptors (Lipinski definition) is 5. The van der Waals surface area contributed by atoms with Crippen molar-refractivity contribution in [3.05, 3.63) is 90.3 Å². The zero-order valence-corrected chi connectivity index (χ0v) is 20.9. The van der Waals surface area contributed by atoms with Gasteiger partial charge in [-0.1, -0.05) is 60.7 Å². The van der Waals surface area contributed by atoms with Crippen LogP contribution in [-0.4, -0.2) is 43.7 Å². The summed E-state index contributed by atoms with van der Waals surface area (Å²) in [6.07, 6.45) is 6.07. The number of sulfonamides is 1. The molecule has 4 rings (SSSR count). The number of nitrogens with one attached hydrogen (secondary N) is 1. The predicted octanol–water partition coefficient (Wildman–Crippen LogP) is 4.88. The number of hydrogen-bond donors (Lipinski definition) is 1. The van der Waals surface area contributed by atoms with E-state index < -0.39 is 15.6 Å². The monoisotopic (exact) mass is 493 g/mol. The summed E-state index contributed by atoms with van der Waals surface area (Å²) in [5.74, 6) is 0. The van der Waals surface area contributed by atoms with Crippen LogP contribution in [0.1, 0.15) is 43.4 Å². The molecule has 2 aromatic carbocycles. The third kappa shape index (κ3) is 6.07. The Kier molecular flexibility index (Phi) is 7.52. The first-order valence-corrected chi connectivity index (χ1v) is 13.7. The van der Waals surface area contributed by atoms with Crippen molar-refractivity contribution in [3.8, 4) is 11.1 Å². The Morgan fingerprint density at radius 2 is 1.80 bits per heavy atom. The molecule has 1 aliphatic rings.